The van der Waals surface area contributed by atoms with Gasteiger partial charge in [-0.15, -0.1) is 11.3 Å². The lowest BCUT2D eigenvalue weighted by molar-refractivity contribution is 0.471. The van der Waals surface area contributed by atoms with Gasteiger partial charge in [0.25, 0.3) is 0 Å². The second-order valence-electron chi connectivity index (χ2n) is 13.5. The molecule has 0 saturated heterocycles. The Morgan fingerprint density at radius 3 is 1.96 bits per heavy atom. The molecule has 7 aromatic rings. The van der Waals surface area contributed by atoms with E-state index >= 15 is 0 Å². The lowest BCUT2D eigenvalue weighted by Gasteiger charge is -2.03. The van der Waals surface area contributed by atoms with Crippen LogP contribution in [-0.4, -0.2) is 61.5 Å². The van der Waals surface area contributed by atoms with Gasteiger partial charge in [-0.1, -0.05) is 69.2 Å². The lowest BCUT2D eigenvalue weighted by atomic mass is 10.1. The molecule has 1 aliphatic rings. The van der Waals surface area contributed by atoms with Gasteiger partial charge in [0.2, 0.25) is 0 Å². The first kappa shape index (κ1) is 39.5. The van der Waals surface area contributed by atoms with Crippen LogP contribution in [0.2, 0.25) is 0 Å². The Morgan fingerprint density at radius 2 is 1.40 bits per heavy atom. The SMILES string of the molecule is CC(C)c1[nH]nc2ncccc12.CC(C)c1[nH]nc2ncncc12.CC(C)c1ncc2c(n1)C=NC2.CC(C)c1ncco1.CC(C)c1nccs1. The van der Waals surface area contributed by atoms with Gasteiger partial charge in [-0.3, -0.25) is 15.2 Å². The Hall–Kier alpha value is -5.24. The zero-order chi connectivity index (χ0) is 37.6. The van der Waals surface area contributed by atoms with Crippen LogP contribution in [0.5, 0.6) is 0 Å². The maximum absolute atomic E-state index is 4.98. The number of nitrogens with one attached hydrogen (secondary N) is 2. The summed E-state index contributed by atoms with van der Waals surface area (Å²) in [6, 6.07) is 3.98. The molecule has 0 unspecified atom stereocenters. The molecule has 0 fully saturated rings. The van der Waals surface area contributed by atoms with Crippen molar-refractivity contribution in [3.05, 3.63) is 100 Å². The van der Waals surface area contributed by atoms with Crippen LogP contribution in [0.1, 0.15) is 138 Å². The first-order valence-electron chi connectivity index (χ1n) is 17.5. The summed E-state index contributed by atoms with van der Waals surface area (Å²) in [7, 11) is 0. The molecule has 0 aliphatic carbocycles. The van der Waals surface area contributed by atoms with Gasteiger partial charge in [0.1, 0.15) is 18.4 Å². The topological polar surface area (TPSA) is 173 Å². The standard InChI is InChI=1S/2C9H11N3.C8H10N4.C6H9NO.C6H9NS/c1-6(2)9-11-4-7-3-10-5-8(7)12-9;1-6(2)8-7-4-3-5-10-9(7)12-11-8;1-5(2)7-6-3-9-4-10-8(6)12-11-7;2*1-5(2)6-7-3-4-8-6/h4-6H,3H2,1-2H3;3-6H,1-2H3,(H,10,11,12);3-5H,1-2H3,(H,9,10,11,12);2*3-5H,1-2H3. The molecule has 2 N–H and O–H groups in total. The summed E-state index contributed by atoms with van der Waals surface area (Å²) in [6.07, 6.45) is 13.9. The molecule has 0 saturated carbocycles. The van der Waals surface area contributed by atoms with E-state index < -0.39 is 0 Å². The Kier molecular flexibility index (Phi) is 14.7. The summed E-state index contributed by atoms with van der Waals surface area (Å²) >= 11 is 1.72. The fourth-order valence-corrected chi connectivity index (χ4v) is 5.40. The third-order valence-electron chi connectivity index (χ3n) is 7.58. The Morgan fingerprint density at radius 1 is 0.692 bits per heavy atom. The van der Waals surface area contributed by atoms with Crippen LogP contribution in [0.15, 0.2) is 70.5 Å². The maximum atomic E-state index is 4.98. The first-order valence-corrected chi connectivity index (χ1v) is 18.4. The predicted octanol–water partition coefficient (Wildman–Crippen LogP) is 9.15. The Bertz CT molecular complexity index is 1960. The average molecular weight is 723 g/mol. The summed E-state index contributed by atoms with van der Waals surface area (Å²) < 4.78 is 4.98. The number of nitrogens with zero attached hydrogens (tertiary/aromatic N) is 10. The third-order valence-corrected chi connectivity index (χ3v) is 8.65. The van der Waals surface area contributed by atoms with Gasteiger partial charge in [0, 0.05) is 76.5 Å². The molecule has 8 rings (SSSR count). The van der Waals surface area contributed by atoms with Gasteiger partial charge in [0.05, 0.1) is 28.8 Å². The number of hydrogen-bond donors (Lipinski definition) is 2. The van der Waals surface area contributed by atoms with Crippen molar-refractivity contribution in [2.24, 2.45) is 4.99 Å². The molecular weight excluding hydrogens is 673 g/mol. The minimum absolute atomic E-state index is 0.393. The van der Waals surface area contributed by atoms with E-state index in [1.54, 1.807) is 36.2 Å². The molecule has 8 heterocycles. The second kappa shape index (κ2) is 19.4. The van der Waals surface area contributed by atoms with Gasteiger partial charge >= 0.3 is 0 Å². The van der Waals surface area contributed by atoms with Gasteiger partial charge in [-0.25, -0.2) is 34.9 Å². The van der Waals surface area contributed by atoms with Crippen molar-refractivity contribution >= 4 is 39.6 Å². The Labute approximate surface area is 309 Å². The van der Waals surface area contributed by atoms with Crippen LogP contribution < -0.4 is 0 Å². The summed E-state index contributed by atoms with van der Waals surface area (Å²) in [5.74, 6) is 4.01. The number of thiazole rings is 1. The maximum Gasteiger partial charge on any atom is 0.196 e. The van der Waals surface area contributed by atoms with E-state index in [0.717, 1.165) is 63.0 Å². The van der Waals surface area contributed by atoms with E-state index in [1.165, 1.54) is 11.3 Å². The van der Waals surface area contributed by atoms with Crippen molar-refractivity contribution in [1.82, 2.24) is 55.3 Å². The van der Waals surface area contributed by atoms with Crippen molar-refractivity contribution in [3.8, 4) is 0 Å². The quantitative estimate of drug-likeness (QED) is 0.174. The zero-order valence-corrected chi connectivity index (χ0v) is 32.5. The third kappa shape index (κ3) is 11.1. The number of aliphatic imine (C=N–C) groups is 1. The molecule has 0 spiro atoms. The van der Waals surface area contributed by atoms with Crippen molar-refractivity contribution in [2.75, 3.05) is 0 Å². The first-order chi connectivity index (χ1) is 25.0. The van der Waals surface area contributed by atoms with E-state index in [2.05, 4.69) is 116 Å². The van der Waals surface area contributed by atoms with Crippen LogP contribution in [-0.2, 0) is 6.54 Å². The molecule has 52 heavy (non-hydrogen) atoms. The predicted molar refractivity (Wildman–Crippen MR) is 208 cm³/mol. The fourth-order valence-electron chi connectivity index (χ4n) is 4.74. The lowest BCUT2D eigenvalue weighted by Crippen LogP contribution is -2.01. The number of rotatable bonds is 5. The summed E-state index contributed by atoms with van der Waals surface area (Å²) in [5.41, 5.74) is 5.95. The molecule has 7 aromatic heterocycles. The monoisotopic (exact) mass is 722 g/mol. The highest BCUT2D eigenvalue weighted by molar-refractivity contribution is 7.09. The van der Waals surface area contributed by atoms with E-state index in [4.69, 9.17) is 4.42 Å². The molecule has 0 aromatic carbocycles. The van der Waals surface area contributed by atoms with Crippen LogP contribution in [0.4, 0.5) is 0 Å². The minimum atomic E-state index is 0.393. The zero-order valence-electron chi connectivity index (χ0n) is 31.7. The average Bonchev–Trinajstić information content (AvgIpc) is 3.98. The number of pyridine rings is 1. The van der Waals surface area contributed by atoms with Crippen LogP contribution in [0, 0.1) is 0 Å². The summed E-state index contributed by atoms with van der Waals surface area (Å²) in [4.78, 5) is 33.0. The number of H-pyrrole nitrogens is 2. The minimum Gasteiger partial charge on any atom is -0.449 e. The van der Waals surface area contributed by atoms with Gasteiger partial charge in [0.15, 0.2) is 17.2 Å². The molecular formula is C38H50N12OS. The van der Waals surface area contributed by atoms with Crippen molar-refractivity contribution in [2.45, 2.75) is 105 Å². The van der Waals surface area contributed by atoms with Crippen molar-refractivity contribution < 1.29 is 4.42 Å². The molecule has 274 valence electrons. The highest BCUT2D eigenvalue weighted by Gasteiger charge is 2.11. The van der Waals surface area contributed by atoms with Gasteiger partial charge in [-0.2, -0.15) is 10.2 Å². The highest BCUT2D eigenvalue weighted by Crippen LogP contribution is 2.21. The number of oxazole rings is 1. The second-order valence-corrected chi connectivity index (χ2v) is 14.5. The molecule has 0 atom stereocenters. The van der Waals surface area contributed by atoms with Gasteiger partial charge in [-0.05, 0) is 24.0 Å². The normalized spacial score (nSPS) is 11.6. The molecule has 0 amide bonds. The van der Waals surface area contributed by atoms with Crippen LogP contribution in [0.3, 0.4) is 0 Å². The van der Waals surface area contributed by atoms with E-state index in [1.807, 2.05) is 50.0 Å². The highest BCUT2D eigenvalue weighted by atomic mass is 32.1. The van der Waals surface area contributed by atoms with Gasteiger partial charge < -0.3 is 4.42 Å². The molecule has 13 nitrogen and oxygen atoms in total. The van der Waals surface area contributed by atoms with Crippen molar-refractivity contribution in [3.63, 3.8) is 0 Å². The molecule has 0 radical (unpaired) electrons. The number of aromatic amines is 2. The summed E-state index contributed by atoms with van der Waals surface area (Å²) in [5, 5.41) is 19.5. The molecule has 1 aliphatic heterocycles. The largest absolute Gasteiger partial charge is 0.449 e. The number of fused-ring (bicyclic) bond motifs is 3. The van der Waals surface area contributed by atoms with Crippen molar-refractivity contribution in [1.29, 1.82) is 0 Å². The number of aromatic nitrogens is 11. The summed E-state index contributed by atoms with van der Waals surface area (Å²) in [6.45, 7) is 21.8. The van der Waals surface area contributed by atoms with E-state index in [9.17, 15) is 0 Å². The number of hydrogen-bond acceptors (Lipinski definition) is 12. The van der Waals surface area contributed by atoms with Crippen LogP contribution in [0.25, 0.3) is 22.1 Å². The van der Waals surface area contributed by atoms with E-state index in [0.29, 0.717) is 29.6 Å². The van der Waals surface area contributed by atoms with Crippen LogP contribution >= 0.6 is 11.3 Å². The smallest absolute Gasteiger partial charge is 0.196 e. The molecule has 0 bridgehead atoms. The molecule has 14 heteroatoms. The van der Waals surface area contributed by atoms with E-state index in [-0.39, 0.29) is 0 Å². The Balaban J connectivity index is 0.000000147. The fraction of sp³-hybridized carbons (Fsp3) is 0.421.